The lowest BCUT2D eigenvalue weighted by Crippen LogP contribution is -2.14. The average molecular weight is 269 g/mol. The average Bonchev–Trinajstić information content (AvgIpc) is 2.27. The van der Waals surface area contributed by atoms with Crippen molar-refractivity contribution in [2.45, 2.75) is 52.4 Å². The molecule has 0 saturated carbocycles. The van der Waals surface area contributed by atoms with Gasteiger partial charge in [0.1, 0.15) is 5.75 Å². The van der Waals surface area contributed by atoms with Crippen LogP contribution in [0.25, 0.3) is 0 Å². The van der Waals surface area contributed by atoms with Crippen LogP contribution in [0, 0.1) is 6.92 Å². The largest absolute Gasteiger partial charge is 0.493 e. The molecular formula is C16H25ClO. The van der Waals surface area contributed by atoms with Crippen molar-refractivity contribution in [1.82, 2.24) is 0 Å². The summed E-state index contributed by atoms with van der Waals surface area (Å²) in [4.78, 5) is 0. The molecule has 0 spiro atoms. The lowest BCUT2D eigenvalue weighted by atomic mass is 9.86. The first kappa shape index (κ1) is 15.4. The third kappa shape index (κ3) is 4.89. The van der Waals surface area contributed by atoms with Crippen molar-refractivity contribution in [1.29, 1.82) is 0 Å². The van der Waals surface area contributed by atoms with Crippen molar-refractivity contribution in [2.24, 2.45) is 0 Å². The molecule has 1 rings (SSSR count). The second kappa shape index (κ2) is 7.04. The third-order valence-corrected chi connectivity index (χ3v) is 3.25. The maximum absolute atomic E-state index is 5.95. The quantitative estimate of drug-likeness (QED) is 0.516. The van der Waals surface area contributed by atoms with E-state index in [1.54, 1.807) is 0 Å². The standard InChI is InChI=1S/C16H25ClO/c1-13-8-9-14(16(2,3)4)15(12-13)18-11-7-5-6-10-17/h8-9,12H,5-7,10-11H2,1-4H3. The number of unbranched alkanes of at least 4 members (excludes halogenated alkanes) is 2. The van der Waals surface area contributed by atoms with Crippen LogP contribution in [0.2, 0.25) is 0 Å². The second-order valence-electron chi connectivity index (χ2n) is 5.85. The molecule has 0 aliphatic rings. The van der Waals surface area contributed by atoms with E-state index in [4.69, 9.17) is 16.3 Å². The minimum atomic E-state index is 0.124. The van der Waals surface area contributed by atoms with Gasteiger partial charge in [0, 0.05) is 5.88 Å². The van der Waals surface area contributed by atoms with Crippen LogP contribution in [-0.4, -0.2) is 12.5 Å². The van der Waals surface area contributed by atoms with Gasteiger partial charge in [0.15, 0.2) is 0 Å². The van der Waals surface area contributed by atoms with E-state index in [9.17, 15) is 0 Å². The van der Waals surface area contributed by atoms with E-state index in [1.807, 2.05) is 0 Å². The molecule has 0 aromatic heterocycles. The molecule has 0 saturated heterocycles. The van der Waals surface area contributed by atoms with Crippen molar-refractivity contribution < 1.29 is 4.74 Å². The van der Waals surface area contributed by atoms with Gasteiger partial charge < -0.3 is 4.74 Å². The fourth-order valence-electron chi connectivity index (χ4n) is 1.92. The van der Waals surface area contributed by atoms with Gasteiger partial charge in [-0.25, -0.2) is 0 Å². The van der Waals surface area contributed by atoms with Crippen LogP contribution in [0.1, 0.15) is 51.2 Å². The van der Waals surface area contributed by atoms with E-state index in [-0.39, 0.29) is 5.41 Å². The first-order valence-corrected chi connectivity index (χ1v) is 7.28. The second-order valence-corrected chi connectivity index (χ2v) is 6.23. The molecule has 102 valence electrons. The number of hydrogen-bond donors (Lipinski definition) is 0. The fraction of sp³-hybridized carbons (Fsp3) is 0.625. The molecule has 1 aromatic rings. The Kier molecular flexibility index (Phi) is 6.01. The molecule has 0 aliphatic heterocycles. The van der Waals surface area contributed by atoms with Gasteiger partial charge in [0.05, 0.1) is 6.61 Å². The Balaban J connectivity index is 2.65. The van der Waals surface area contributed by atoms with Crippen LogP contribution < -0.4 is 4.74 Å². The van der Waals surface area contributed by atoms with Gasteiger partial charge >= 0.3 is 0 Å². The number of halogens is 1. The number of benzene rings is 1. The summed E-state index contributed by atoms with van der Waals surface area (Å²) < 4.78 is 5.95. The molecule has 18 heavy (non-hydrogen) atoms. The van der Waals surface area contributed by atoms with Gasteiger partial charge in [-0.1, -0.05) is 32.9 Å². The first-order valence-electron chi connectivity index (χ1n) is 6.75. The molecule has 0 atom stereocenters. The number of rotatable bonds is 6. The Bertz CT molecular complexity index is 366. The molecule has 0 heterocycles. The zero-order chi connectivity index (χ0) is 13.6. The Morgan fingerprint density at radius 1 is 1.11 bits per heavy atom. The van der Waals surface area contributed by atoms with Gasteiger partial charge in [-0.2, -0.15) is 0 Å². The topological polar surface area (TPSA) is 9.23 Å². The number of ether oxygens (including phenoxy) is 1. The van der Waals surface area contributed by atoms with Crippen molar-refractivity contribution in [3.8, 4) is 5.75 Å². The van der Waals surface area contributed by atoms with Crippen LogP contribution >= 0.6 is 11.6 Å². The highest BCUT2D eigenvalue weighted by Crippen LogP contribution is 2.32. The highest BCUT2D eigenvalue weighted by Gasteiger charge is 2.18. The molecule has 0 fully saturated rings. The molecule has 0 aliphatic carbocycles. The van der Waals surface area contributed by atoms with E-state index >= 15 is 0 Å². The third-order valence-electron chi connectivity index (χ3n) is 2.98. The Morgan fingerprint density at radius 3 is 2.44 bits per heavy atom. The van der Waals surface area contributed by atoms with Crippen molar-refractivity contribution in [3.05, 3.63) is 29.3 Å². The Labute approximate surface area is 116 Å². The SMILES string of the molecule is Cc1ccc(C(C)(C)C)c(OCCCCCCl)c1. The Morgan fingerprint density at radius 2 is 1.83 bits per heavy atom. The van der Waals surface area contributed by atoms with E-state index in [1.165, 1.54) is 11.1 Å². The number of hydrogen-bond acceptors (Lipinski definition) is 1. The van der Waals surface area contributed by atoms with Crippen molar-refractivity contribution in [3.63, 3.8) is 0 Å². The zero-order valence-electron chi connectivity index (χ0n) is 12.1. The highest BCUT2D eigenvalue weighted by molar-refractivity contribution is 6.17. The summed E-state index contributed by atoms with van der Waals surface area (Å²) >= 11 is 5.66. The molecule has 0 radical (unpaired) electrons. The zero-order valence-corrected chi connectivity index (χ0v) is 12.8. The molecule has 1 nitrogen and oxygen atoms in total. The van der Waals surface area contributed by atoms with Crippen LogP contribution in [0.15, 0.2) is 18.2 Å². The van der Waals surface area contributed by atoms with E-state index < -0.39 is 0 Å². The minimum absolute atomic E-state index is 0.124. The van der Waals surface area contributed by atoms with E-state index in [2.05, 4.69) is 45.9 Å². The molecule has 1 aromatic carbocycles. The molecular weight excluding hydrogens is 244 g/mol. The van der Waals surface area contributed by atoms with Crippen LogP contribution in [0.5, 0.6) is 5.75 Å². The maximum atomic E-state index is 5.95. The predicted octanol–water partition coefficient (Wildman–Crippen LogP) is 5.08. The van der Waals surface area contributed by atoms with Gasteiger partial charge in [-0.3, -0.25) is 0 Å². The Hall–Kier alpha value is -0.690. The summed E-state index contributed by atoms with van der Waals surface area (Å²) in [5.74, 6) is 1.78. The summed E-state index contributed by atoms with van der Waals surface area (Å²) in [5, 5.41) is 0. The van der Waals surface area contributed by atoms with Crippen LogP contribution in [-0.2, 0) is 5.41 Å². The highest BCUT2D eigenvalue weighted by atomic mass is 35.5. The first-order chi connectivity index (χ1) is 8.45. The molecule has 0 bridgehead atoms. The molecule has 2 heteroatoms. The lowest BCUT2D eigenvalue weighted by Gasteiger charge is -2.23. The molecule has 0 N–H and O–H groups in total. The van der Waals surface area contributed by atoms with Crippen LogP contribution in [0.3, 0.4) is 0 Å². The van der Waals surface area contributed by atoms with E-state index in [0.717, 1.165) is 37.5 Å². The fourth-order valence-corrected chi connectivity index (χ4v) is 2.11. The minimum Gasteiger partial charge on any atom is -0.493 e. The monoisotopic (exact) mass is 268 g/mol. The lowest BCUT2D eigenvalue weighted by molar-refractivity contribution is 0.298. The summed E-state index contributed by atoms with van der Waals surface area (Å²) in [6.45, 7) is 9.55. The normalized spacial score (nSPS) is 11.6. The van der Waals surface area contributed by atoms with Gasteiger partial charge in [0.2, 0.25) is 0 Å². The summed E-state index contributed by atoms with van der Waals surface area (Å²) in [5.41, 5.74) is 2.66. The van der Waals surface area contributed by atoms with Crippen molar-refractivity contribution >= 4 is 11.6 Å². The smallest absolute Gasteiger partial charge is 0.123 e. The summed E-state index contributed by atoms with van der Waals surface area (Å²) in [6.07, 6.45) is 3.29. The van der Waals surface area contributed by atoms with E-state index in [0.29, 0.717) is 0 Å². The summed E-state index contributed by atoms with van der Waals surface area (Å²) in [6, 6.07) is 6.48. The van der Waals surface area contributed by atoms with Crippen LogP contribution in [0.4, 0.5) is 0 Å². The number of alkyl halides is 1. The van der Waals surface area contributed by atoms with Crippen molar-refractivity contribution in [2.75, 3.05) is 12.5 Å². The molecule has 0 unspecified atom stereocenters. The van der Waals surface area contributed by atoms with Gasteiger partial charge in [-0.15, -0.1) is 11.6 Å². The van der Waals surface area contributed by atoms with Gasteiger partial charge in [0.25, 0.3) is 0 Å². The van der Waals surface area contributed by atoms with Gasteiger partial charge in [-0.05, 0) is 48.8 Å². The molecule has 0 amide bonds. The maximum Gasteiger partial charge on any atom is 0.123 e. The summed E-state index contributed by atoms with van der Waals surface area (Å²) in [7, 11) is 0. The number of aryl methyl sites for hydroxylation is 1. The predicted molar refractivity (Wildman–Crippen MR) is 79.9 cm³/mol.